The molecule has 3 rings (SSSR count). The van der Waals surface area contributed by atoms with Gasteiger partial charge in [-0.3, -0.25) is 9.59 Å². The molecule has 1 aliphatic rings. The predicted octanol–water partition coefficient (Wildman–Crippen LogP) is 2.54. The summed E-state index contributed by atoms with van der Waals surface area (Å²) in [4.78, 5) is 24.1. The minimum Gasteiger partial charge on any atom is -0.454 e. The van der Waals surface area contributed by atoms with E-state index >= 15 is 0 Å². The van der Waals surface area contributed by atoms with Gasteiger partial charge in [-0.05, 0) is 43.2 Å². The van der Waals surface area contributed by atoms with Crippen LogP contribution in [0.1, 0.15) is 24.1 Å². The fourth-order valence-electron chi connectivity index (χ4n) is 2.42. The number of nitrogens with one attached hydrogen (secondary N) is 2. The molecule has 6 heteroatoms. The summed E-state index contributed by atoms with van der Waals surface area (Å²) in [6.45, 7) is 3.86. The Balaban J connectivity index is 1.63. The highest BCUT2D eigenvalue weighted by molar-refractivity contribution is 6.39. The van der Waals surface area contributed by atoms with Crippen molar-refractivity contribution in [2.45, 2.75) is 19.9 Å². The second-order valence-corrected chi connectivity index (χ2v) is 5.58. The maximum absolute atomic E-state index is 12.1. The lowest BCUT2D eigenvalue weighted by Gasteiger charge is -2.15. The first kappa shape index (κ1) is 15.9. The topological polar surface area (TPSA) is 76.7 Å². The van der Waals surface area contributed by atoms with Gasteiger partial charge in [0.1, 0.15) is 0 Å². The molecule has 1 unspecified atom stereocenters. The summed E-state index contributed by atoms with van der Waals surface area (Å²) >= 11 is 0. The fourth-order valence-corrected chi connectivity index (χ4v) is 2.42. The van der Waals surface area contributed by atoms with Crippen LogP contribution in [-0.4, -0.2) is 18.6 Å². The maximum Gasteiger partial charge on any atom is 0.313 e. The Labute approximate surface area is 139 Å². The number of fused-ring (bicyclic) bond motifs is 1. The fraction of sp³-hybridized carbons (Fsp3) is 0.222. The van der Waals surface area contributed by atoms with Crippen LogP contribution in [0.4, 0.5) is 5.69 Å². The van der Waals surface area contributed by atoms with E-state index in [2.05, 4.69) is 10.6 Å². The van der Waals surface area contributed by atoms with E-state index in [1.54, 1.807) is 31.2 Å². The molecule has 0 fully saturated rings. The van der Waals surface area contributed by atoms with Crippen LogP contribution >= 0.6 is 0 Å². The Bertz CT molecular complexity index is 788. The number of anilines is 1. The predicted molar refractivity (Wildman–Crippen MR) is 88.9 cm³/mol. The Morgan fingerprint density at radius 1 is 1.04 bits per heavy atom. The monoisotopic (exact) mass is 326 g/mol. The normalized spacial score (nSPS) is 13.2. The number of amides is 2. The van der Waals surface area contributed by atoms with Crippen LogP contribution in [-0.2, 0) is 9.59 Å². The van der Waals surface area contributed by atoms with Crippen LogP contribution in [0, 0.1) is 6.92 Å². The third-order valence-electron chi connectivity index (χ3n) is 3.84. The minimum absolute atomic E-state index is 0.193. The van der Waals surface area contributed by atoms with E-state index in [0.29, 0.717) is 17.2 Å². The average Bonchev–Trinajstić information content (AvgIpc) is 3.04. The van der Waals surface area contributed by atoms with Gasteiger partial charge in [-0.1, -0.05) is 24.3 Å². The molecule has 0 aromatic heterocycles. The summed E-state index contributed by atoms with van der Waals surface area (Å²) in [6.07, 6.45) is 0. The summed E-state index contributed by atoms with van der Waals surface area (Å²) in [5, 5.41) is 5.29. The number of ether oxygens (including phenoxy) is 2. The van der Waals surface area contributed by atoms with E-state index in [1.165, 1.54) is 0 Å². The first-order valence-corrected chi connectivity index (χ1v) is 7.61. The Hall–Kier alpha value is -3.02. The lowest BCUT2D eigenvalue weighted by molar-refractivity contribution is -0.136. The van der Waals surface area contributed by atoms with Crippen LogP contribution in [0.3, 0.4) is 0 Å². The summed E-state index contributed by atoms with van der Waals surface area (Å²) in [6, 6.07) is 12.4. The van der Waals surface area contributed by atoms with Gasteiger partial charge in [0.05, 0.1) is 6.04 Å². The second kappa shape index (κ2) is 6.62. The SMILES string of the molecule is Cc1ccccc1NC(=O)C(=O)NC(C)c1ccc2c(c1)OCO2. The molecule has 124 valence electrons. The molecule has 0 spiro atoms. The van der Waals surface area contributed by atoms with Gasteiger partial charge >= 0.3 is 11.8 Å². The van der Waals surface area contributed by atoms with E-state index in [4.69, 9.17) is 9.47 Å². The summed E-state index contributed by atoms with van der Waals surface area (Å²) in [7, 11) is 0. The van der Waals surface area contributed by atoms with Crippen LogP contribution in [0.2, 0.25) is 0 Å². The lowest BCUT2D eigenvalue weighted by atomic mass is 10.1. The van der Waals surface area contributed by atoms with Crippen LogP contribution in [0.5, 0.6) is 11.5 Å². The quantitative estimate of drug-likeness (QED) is 0.850. The van der Waals surface area contributed by atoms with E-state index in [0.717, 1.165) is 11.1 Å². The number of carbonyl (C=O) groups is 2. The molecule has 0 saturated heterocycles. The van der Waals surface area contributed by atoms with Crippen molar-refractivity contribution in [1.29, 1.82) is 0 Å². The number of aryl methyl sites for hydroxylation is 1. The van der Waals surface area contributed by atoms with Crippen LogP contribution < -0.4 is 20.1 Å². The summed E-state index contributed by atoms with van der Waals surface area (Å²) < 4.78 is 10.6. The molecule has 2 N–H and O–H groups in total. The van der Waals surface area contributed by atoms with Crippen molar-refractivity contribution in [3.63, 3.8) is 0 Å². The summed E-state index contributed by atoms with van der Waals surface area (Å²) in [5.74, 6) is -0.0761. The molecule has 24 heavy (non-hydrogen) atoms. The standard InChI is InChI=1S/C18H18N2O4/c1-11-5-3-4-6-14(11)20-18(22)17(21)19-12(2)13-7-8-15-16(9-13)24-10-23-15/h3-9,12H,10H2,1-2H3,(H,19,21)(H,20,22). The van der Waals surface area contributed by atoms with Crippen molar-refractivity contribution >= 4 is 17.5 Å². The van der Waals surface area contributed by atoms with E-state index in [-0.39, 0.29) is 12.8 Å². The van der Waals surface area contributed by atoms with Crippen molar-refractivity contribution < 1.29 is 19.1 Å². The van der Waals surface area contributed by atoms with E-state index in [1.807, 2.05) is 25.1 Å². The first-order chi connectivity index (χ1) is 11.5. The van der Waals surface area contributed by atoms with Gasteiger partial charge in [-0.2, -0.15) is 0 Å². The highest BCUT2D eigenvalue weighted by Gasteiger charge is 2.20. The lowest BCUT2D eigenvalue weighted by Crippen LogP contribution is -2.37. The molecule has 6 nitrogen and oxygen atoms in total. The third kappa shape index (κ3) is 3.32. The number of hydrogen-bond donors (Lipinski definition) is 2. The highest BCUT2D eigenvalue weighted by Crippen LogP contribution is 2.34. The third-order valence-corrected chi connectivity index (χ3v) is 3.84. The molecular weight excluding hydrogens is 308 g/mol. The van der Waals surface area contributed by atoms with Gasteiger partial charge in [-0.25, -0.2) is 0 Å². The highest BCUT2D eigenvalue weighted by atomic mass is 16.7. The van der Waals surface area contributed by atoms with Gasteiger partial charge in [0.2, 0.25) is 6.79 Å². The molecule has 0 aliphatic carbocycles. The molecule has 0 bridgehead atoms. The molecule has 1 aliphatic heterocycles. The minimum atomic E-state index is -0.697. The van der Waals surface area contributed by atoms with Crippen molar-refractivity contribution in [2.75, 3.05) is 12.1 Å². The number of hydrogen-bond acceptors (Lipinski definition) is 4. The summed E-state index contributed by atoms with van der Waals surface area (Å²) in [5.41, 5.74) is 2.34. The van der Waals surface area contributed by atoms with Crippen LogP contribution in [0.15, 0.2) is 42.5 Å². The van der Waals surface area contributed by atoms with Crippen molar-refractivity contribution in [3.05, 3.63) is 53.6 Å². The Morgan fingerprint density at radius 2 is 1.79 bits per heavy atom. The molecule has 2 amide bonds. The van der Waals surface area contributed by atoms with Crippen LogP contribution in [0.25, 0.3) is 0 Å². The van der Waals surface area contributed by atoms with Gasteiger partial charge in [-0.15, -0.1) is 0 Å². The smallest absolute Gasteiger partial charge is 0.313 e. The van der Waals surface area contributed by atoms with Crippen molar-refractivity contribution in [1.82, 2.24) is 5.32 Å². The van der Waals surface area contributed by atoms with Crippen molar-refractivity contribution in [3.8, 4) is 11.5 Å². The molecule has 1 heterocycles. The Kier molecular flexibility index (Phi) is 4.37. The number of carbonyl (C=O) groups excluding carboxylic acids is 2. The van der Waals surface area contributed by atoms with E-state index < -0.39 is 11.8 Å². The zero-order valence-electron chi connectivity index (χ0n) is 13.5. The average molecular weight is 326 g/mol. The Morgan fingerprint density at radius 3 is 2.58 bits per heavy atom. The number of benzene rings is 2. The van der Waals surface area contributed by atoms with Gasteiger partial charge in [0.15, 0.2) is 11.5 Å². The van der Waals surface area contributed by atoms with E-state index in [9.17, 15) is 9.59 Å². The van der Waals surface area contributed by atoms with Gasteiger partial charge in [0, 0.05) is 5.69 Å². The van der Waals surface area contributed by atoms with Gasteiger partial charge in [0.25, 0.3) is 0 Å². The van der Waals surface area contributed by atoms with Crippen molar-refractivity contribution in [2.24, 2.45) is 0 Å². The molecule has 2 aromatic carbocycles. The second-order valence-electron chi connectivity index (χ2n) is 5.58. The molecule has 1 atom stereocenters. The largest absolute Gasteiger partial charge is 0.454 e. The zero-order valence-corrected chi connectivity index (χ0v) is 13.5. The molecule has 2 aromatic rings. The molecule has 0 radical (unpaired) electrons. The van der Waals surface area contributed by atoms with Gasteiger partial charge < -0.3 is 20.1 Å². The molecule has 0 saturated carbocycles. The first-order valence-electron chi connectivity index (χ1n) is 7.61. The number of para-hydroxylation sites is 1. The maximum atomic E-state index is 12.1. The number of rotatable bonds is 3. The molecular formula is C18H18N2O4. The zero-order chi connectivity index (χ0) is 17.1.